The number of fused-ring (bicyclic) bond motifs is 1. The summed E-state index contributed by atoms with van der Waals surface area (Å²) in [7, 11) is 0. The summed E-state index contributed by atoms with van der Waals surface area (Å²) in [5.41, 5.74) is 2.87. The number of esters is 1. The van der Waals surface area contributed by atoms with E-state index in [0.29, 0.717) is 23.7 Å². The topological polar surface area (TPSA) is 75.5 Å². The summed E-state index contributed by atoms with van der Waals surface area (Å²) in [6.45, 7) is 5.86. The van der Waals surface area contributed by atoms with Crippen molar-refractivity contribution in [3.63, 3.8) is 0 Å². The fourth-order valence-electron chi connectivity index (χ4n) is 3.20. The molecule has 0 amide bonds. The predicted octanol–water partition coefficient (Wildman–Crippen LogP) is 2.32. The number of aryl methyl sites for hydroxylation is 1. The van der Waals surface area contributed by atoms with E-state index in [2.05, 4.69) is 14.9 Å². The van der Waals surface area contributed by atoms with E-state index in [1.807, 2.05) is 19.1 Å². The number of anilines is 1. The maximum absolute atomic E-state index is 12.4. The van der Waals surface area contributed by atoms with Gasteiger partial charge >= 0.3 is 5.97 Å². The third-order valence-corrected chi connectivity index (χ3v) is 4.52. The maximum Gasteiger partial charge on any atom is 0.341 e. The molecule has 1 aliphatic rings. The van der Waals surface area contributed by atoms with E-state index in [1.165, 1.54) is 0 Å². The molecule has 128 valence electrons. The minimum Gasteiger partial charge on any atom is -0.462 e. The molecule has 0 radical (unpaired) electrons. The highest BCUT2D eigenvalue weighted by atomic mass is 16.5. The highest BCUT2D eigenvalue weighted by Gasteiger charge is 2.25. The van der Waals surface area contributed by atoms with Gasteiger partial charge in [-0.2, -0.15) is 0 Å². The summed E-state index contributed by atoms with van der Waals surface area (Å²) >= 11 is 0. The molecule has 1 saturated heterocycles. The number of carbonyl (C=O) groups excluding carboxylic acids is 1. The molecule has 1 fully saturated rings. The van der Waals surface area contributed by atoms with Crippen molar-refractivity contribution in [3.8, 4) is 0 Å². The van der Waals surface area contributed by atoms with Crippen LogP contribution < -0.4 is 4.90 Å². The Kier molecular flexibility index (Phi) is 4.94. The number of aliphatic hydroxyl groups excluding tert-OH is 1. The Bertz CT molecular complexity index is 740. The average molecular weight is 329 g/mol. The molecule has 0 spiro atoms. The monoisotopic (exact) mass is 329 g/mol. The Labute approximate surface area is 141 Å². The lowest BCUT2D eigenvalue weighted by Gasteiger charge is -2.34. The van der Waals surface area contributed by atoms with Crippen molar-refractivity contribution < 1.29 is 14.6 Å². The first-order valence-electron chi connectivity index (χ1n) is 8.43. The lowest BCUT2D eigenvalue weighted by Crippen LogP contribution is -2.36. The molecule has 0 unspecified atom stereocenters. The van der Waals surface area contributed by atoms with E-state index in [4.69, 9.17) is 4.74 Å². The molecule has 6 heteroatoms. The van der Waals surface area contributed by atoms with Crippen LogP contribution in [0.1, 0.15) is 35.8 Å². The third-order valence-electron chi connectivity index (χ3n) is 4.52. The van der Waals surface area contributed by atoms with E-state index in [9.17, 15) is 9.90 Å². The molecule has 0 saturated carbocycles. The fraction of sp³-hybridized carbons (Fsp3) is 0.500. The maximum atomic E-state index is 12.4. The number of ether oxygens (including phenoxy) is 1. The quantitative estimate of drug-likeness (QED) is 0.868. The lowest BCUT2D eigenvalue weighted by atomic mass is 9.96. The van der Waals surface area contributed by atoms with E-state index < -0.39 is 0 Å². The zero-order valence-electron chi connectivity index (χ0n) is 14.2. The first-order chi connectivity index (χ1) is 11.6. The molecule has 2 aromatic heterocycles. The van der Waals surface area contributed by atoms with Gasteiger partial charge in [0.1, 0.15) is 5.56 Å². The van der Waals surface area contributed by atoms with Crippen LogP contribution in [-0.2, 0) is 4.74 Å². The summed E-state index contributed by atoms with van der Waals surface area (Å²) < 4.78 is 5.21. The van der Waals surface area contributed by atoms with Crippen molar-refractivity contribution in [2.75, 3.05) is 31.2 Å². The Balaban J connectivity index is 2.07. The smallest absolute Gasteiger partial charge is 0.341 e. The molecule has 1 N–H and O–H groups in total. The van der Waals surface area contributed by atoms with Crippen LogP contribution >= 0.6 is 0 Å². The fourth-order valence-corrected chi connectivity index (χ4v) is 3.20. The molecule has 1 aliphatic heterocycles. The van der Waals surface area contributed by atoms with Crippen molar-refractivity contribution in [1.29, 1.82) is 0 Å². The number of rotatable bonds is 4. The molecule has 0 aliphatic carbocycles. The Morgan fingerprint density at radius 3 is 2.79 bits per heavy atom. The number of pyridine rings is 2. The number of hydrogen-bond donors (Lipinski definition) is 1. The number of hydrogen-bond acceptors (Lipinski definition) is 6. The first-order valence-corrected chi connectivity index (χ1v) is 8.43. The molecule has 2 aromatic rings. The molecule has 3 heterocycles. The molecular weight excluding hydrogens is 306 g/mol. The van der Waals surface area contributed by atoms with Crippen LogP contribution in [0.25, 0.3) is 11.0 Å². The van der Waals surface area contributed by atoms with Crippen molar-refractivity contribution in [1.82, 2.24) is 9.97 Å². The highest BCUT2D eigenvalue weighted by Crippen LogP contribution is 2.32. The molecule has 0 bridgehead atoms. The van der Waals surface area contributed by atoms with E-state index >= 15 is 0 Å². The summed E-state index contributed by atoms with van der Waals surface area (Å²) in [6, 6.07) is 3.91. The van der Waals surface area contributed by atoms with Crippen molar-refractivity contribution in [2.45, 2.75) is 26.7 Å². The highest BCUT2D eigenvalue weighted by molar-refractivity contribution is 6.04. The Morgan fingerprint density at radius 2 is 2.12 bits per heavy atom. The van der Waals surface area contributed by atoms with Gasteiger partial charge in [-0.05, 0) is 44.7 Å². The SMILES string of the molecule is CCOC(=O)c1cnc2nc(C)ccc2c1N1CCC(CO)CC1. The number of nitrogens with zero attached hydrogens (tertiary/aromatic N) is 3. The van der Waals surface area contributed by atoms with Gasteiger partial charge in [0, 0.05) is 37.0 Å². The molecule has 0 atom stereocenters. The molecule has 3 rings (SSSR count). The second kappa shape index (κ2) is 7.13. The summed E-state index contributed by atoms with van der Waals surface area (Å²) in [6.07, 6.45) is 3.38. The van der Waals surface area contributed by atoms with Crippen molar-refractivity contribution in [3.05, 3.63) is 29.6 Å². The van der Waals surface area contributed by atoms with Gasteiger partial charge in [0.05, 0.1) is 12.3 Å². The molecule has 24 heavy (non-hydrogen) atoms. The van der Waals surface area contributed by atoms with Gasteiger partial charge in [0.2, 0.25) is 0 Å². The van der Waals surface area contributed by atoms with Gasteiger partial charge in [-0.1, -0.05) is 0 Å². The van der Waals surface area contributed by atoms with Crippen LogP contribution in [0.4, 0.5) is 5.69 Å². The van der Waals surface area contributed by atoms with Gasteiger partial charge in [-0.25, -0.2) is 14.8 Å². The third kappa shape index (κ3) is 3.19. The average Bonchev–Trinajstić information content (AvgIpc) is 2.61. The van der Waals surface area contributed by atoms with E-state index in [0.717, 1.165) is 42.7 Å². The number of carbonyl (C=O) groups is 1. The first kappa shape index (κ1) is 16.6. The lowest BCUT2D eigenvalue weighted by molar-refractivity contribution is 0.0526. The summed E-state index contributed by atoms with van der Waals surface area (Å²) in [4.78, 5) is 23.4. The summed E-state index contributed by atoms with van der Waals surface area (Å²) in [5.74, 6) is -0.0208. The minimum atomic E-state index is -0.355. The van der Waals surface area contributed by atoms with E-state index in [-0.39, 0.29) is 12.6 Å². The van der Waals surface area contributed by atoms with E-state index in [1.54, 1.807) is 13.1 Å². The zero-order chi connectivity index (χ0) is 17.1. The Morgan fingerprint density at radius 1 is 1.38 bits per heavy atom. The van der Waals surface area contributed by atoms with Crippen LogP contribution in [0.2, 0.25) is 0 Å². The molecule has 6 nitrogen and oxygen atoms in total. The van der Waals surface area contributed by atoms with Crippen molar-refractivity contribution >= 4 is 22.7 Å². The van der Waals surface area contributed by atoms with Crippen LogP contribution in [0.5, 0.6) is 0 Å². The molecular formula is C18H23N3O3. The standard InChI is InChI=1S/C18H23N3O3/c1-3-24-18(23)15-10-19-17-14(5-4-12(2)20-17)16(15)21-8-6-13(11-22)7-9-21/h4-5,10,13,22H,3,6-9,11H2,1-2H3. The van der Waals surface area contributed by atoms with Gasteiger partial charge in [-0.15, -0.1) is 0 Å². The largest absolute Gasteiger partial charge is 0.462 e. The van der Waals surface area contributed by atoms with Crippen LogP contribution in [0.15, 0.2) is 18.3 Å². The normalized spacial score (nSPS) is 15.7. The van der Waals surface area contributed by atoms with Gasteiger partial charge in [0.25, 0.3) is 0 Å². The molecule has 0 aromatic carbocycles. The number of piperidine rings is 1. The Hall–Kier alpha value is -2.21. The van der Waals surface area contributed by atoms with Crippen LogP contribution in [0, 0.1) is 12.8 Å². The van der Waals surface area contributed by atoms with Crippen LogP contribution in [0.3, 0.4) is 0 Å². The predicted molar refractivity (Wildman–Crippen MR) is 92.3 cm³/mol. The zero-order valence-corrected chi connectivity index (χ0v) is 14.2. The summed E-state index contributed by atoms with van der Waals surface area (Å²) in [5, 5.41) is 10.2. The second-order valence-corrected chi connectivity index (χ2v) is 6.18. The van der Waals surface area contributed by atoms with Gasteiger partial charge < -0.3 is 14.7 Å². The number of aliphatic hydroxyl groups is 1. The minimum absolute atomic E-state index is 0.219. The van der Waals surface area contributed by atoms with Gasteiger partial charge in [-0.3, -0.25) is 0 Å². The van der Waals surface area contributed by atoms with Gasteiger partial charge in [0.15, 0.2) is 5.65 Å². The second-order valence-electron chi connectivity index (χ2n) is 6.18. The van der Waals surface area contributed by atoms with Crippen molar-refractivity contribution in [2.24, 2.45) is 5.92 Å². The number of aromatic nitrogens is 2. The van der Waals surface area contributed by atoms with Crippen LogP contribution in [-0.4, -0.2) is 47.3 Å².